The van der Waals surface area contributed by atoms with Crippen LogP contribution in [0.1, 0.15) is 24.0 Å². The summed E-state index contributed by atoms with van der Waals surface area (Å²) in [5.41, 5.74) is 4.47. The van der Waals surface area contributed by atoms with Crippen LogP contribution in [0, 0.1) is 0 Å². The third-order valence-corrected chi connectivity index (χ3v) is 3.79. The van der Waals surface area contributed by atoms with E-state index in [9.17, 15) is 0 Å². The average Bonchev–Trinajstić information content (AvgIpc) is 2.50. The molecule has 4 nitrogen and oxygen atoms in total. The highest BCUT2D eigenvalue weighted by Crippen LogP contribution is 2.34. The van der Waals surface area contributed by atoms with Gasteiger partial charge < -0.3 is 10.1 Å². The van der Waals surface area contributed by atoms with E-state index in [1.54, 1.807) is 19.4 Å². The summed E-state index contributed by atoms with van der Waals surface area (Å²) < 4.78 is 5.36. The van der Waals surface area contributed by atoms with Crippen molar-refractivity contribution < 1.29 is 4.74 Å². The van der Waals surface area contributed by atoms with E-state index in [1.165, 1.54) is 24.0 Å². The summed E-state index contributed by atoms with van der Waals surface area (Å²) in [5.74, 6) is 0.750. The summed E-state index contributed by atoms with van der Waals surface area (Å²) in [6.45, 7) is 0. The van der Waals surface area contributed by atoms with E-state index in [2.05, 4.69) is 15.3 Å². The van der Waals surface area contributed by atoms with E-state index in [1.807, 2.05) is 12.3 Å². The fraction of sp³-hybridized carbons (Fsp3) is 0.333. The molecular weight excluding hydrogens is 274 g/mol. The second-order valence-corrected chi connectivity index (χ2v) is 5.23. The van der Waals surface area contributed by atoms with Crippen LogP contribution in [0.3, 0.4) is 0 Å². The van der Waals surface area contributed by atoms with Crippen LogP contribution in [0.4, 0.5) is 11.4 Å². The third-order valence-electron chi connectivity index (χ3n) is 3.56. The minimum absolute atomic E-state index is 0.491. The molecule has 1 aliphatic rings. The van der Waals surface area contributed by atoms with Crippen LogP contribution in [-0.4, -0.2) is 17.1 Å². The predicted molar refractivity (Wildman–Crippen MR) is 80.0 cm³/mol. The van der Waals surface area contributed by atoms with Crippen molar-refractivity contribution in [2.45, 2.75) is 25.7 Å². The number of pyridine rings is 2. The molecule has 0 spiro atoms. The Morgan fingerprint density at radius 3 is 2.60 bits per heavy atom. The number of hydrogen-bond acceptors (Lipinski definition) is 4. The van der Waals surface area contributed by atoms with Crippen molar-refractivity contribution in [1.82, 2.24) is 9.97 Å². The highest BCUT2D eigenvalue weighted by atomic mass is 35.5. The molecule has 0 aromatic carbocycles. The summed E-state index contributed by atoms with van der Waals surface area (Å²) in [5, 5.41) is 3.86. The molecule has 1 N–H and O–H groups in total. The van der Waals surface area contributed by atoms with E-state index in [0.717, 1.165) is 30.1 Å². The number of halogens is 1. The van der Waals surface area contributed by atoms with Gasteiger partial charge in [-0.3, -0.25) is 0 Å². The molecule has 3 rings (SSSR count). The molecule has 0 saturated heterocycles. The van der Waals surface area contributed by atoms with Gasteiger partial charge in [-0.15, -0.1) is 0 Å². The minimum atomic E-state index is 0.491. The molecule has 0 amide bonds. The van der Waals surface area contributed by atoms with Gasteiger partial charge in [0.15, 0.2) is 0 Å². The van der Waals surface area contributed by atoms with Crippen molar-refractivity contribution in [2.24, 2.45) is 0 Å². The van der Waals surface area contributed by atoms with Gasteiger partial charge >= 0.3 is 0 Å². The quantitative estimate of drug-likeness (QED) is 0.874. The van der Waals surface area contributed by atoms with Crippen molar-refractivity contribution in [3.63, 3.8) is 0 Å². The monoisotopic (exact) mass is 289 g/mol. The first kappa shape index (κ1) is 13.2. The summed E-state index contributed by atoms with van der Waals surface area (Å²) in [7, 11) is 1.67. The highest BCUT2D eigenvalue weighted by Gasteiger charge is 2.18. The lowest BCUT2D eigenvalue weighted by Crippen LogP contribution is -2.09. The van der Waals surface area contributed by atoms with Crippen LogP contribution in [0.25, 0.3) is 0 Å². The molecule has 0 fully saturated rings. The maximum absolute atomic E-state index is 5.80. The van der Waals surface area contributed by atoms with Crippen molar-refractivity contribution in [3.05, 3.63) is 40.8 Å². The lowest BCUT2D eigenvalue weighted by atomic mass is 9.91. The number of anilines is 2. The Hall–Kier alpha value is -1.81. The molecule has 2 heterocycles. The topological polar surface area (TPSA) is 47.0 Å². The molecule has 0 radical (unpaired) electrons. The van der Waals surface area contributed by atoms with E-state index < -0.39 is 0 Å². The maximum atomic E-state index is 5.80. The van der Waals surface area contributed by atoms with Gasteiger partial charge in [0.1, 0.15) is 5.15 Å². The molecule has 2 aromatic heterocycles. The Morgan fingerprint density at radius 1 is 1.10 bits per heavy atom. The minimum Gasteiger partial charge on any atom is -0.481 e. The fourth-order valence-electron chi connectivity index (χ4n) is 2.61. The van der Waals surface area contributed by atoms with Crippen LogP contribution in [0.15, 0.2) is 24.5 Å². The zero-order valence-electron chi connectivity index (χ0n) is 11.3. The molecule has 20 heavy (non-hydrogen) atoms. The Morgan fingerprint density at radius 2 is 1.90 bits per heavy atom. The SMILES string of the molecule is COc1ncc(Nc2ccc(Cl)nc2)c2c1CCCC2. The zero-order chi connectivity index (χ0) is 13.9. The summed E-state index contributed by atoms with van der Waals surface area (Å²) in [6, 6.07) is 3.68. The van der Waals surface area contributed by atoms with Crippen LogP contribution >= 0.6 is 11.6 Å². The van der Waals surface area contributed by atoms with Gasteiger partial charge in [0.05, 0.1) is 30.9 Å². The Labute approximate surface area is 123 Å². The molecule has 2 aromatic rings. The number of methoxy groups -OCH3 is 1. The first-order valence-electron chi connectivity index (χ1n) is 6.71. The second-order valence-electron chi connectivity index (χ2n) is 4.84. The molecule has 0 unspecified atom stereocenters. The van der Waals surface area contributed by atoms with Gasteiger partial charge in [-0.1, -0.05) is 11.6 Å². The largest absolute Gasteiger partial charge is 0.481 e. The van der Waals surface area contributed by atoms with Crippen molar-refractivity contribution in [2.75, 3.05) is 12.4 Å². The number of aromatic nitrogens is 2. The zero-order valence-corrected chi connectivity index (χ0v) is 12.1. The van der Waals surface area contributed by atoms with E-state index >= 15 is 0 Å². The van der Waals surface area contributed by atoms with Crippen LogP contribution < -0.4 is 10.1 Å². The van der Waals surface area contributed by atoms with Gasteiger partial charge in [0.2, 0.25) is 5.88 Å². The molecule has 0 atom stereocenters. The van der Waals surface area contributed by atoms with Gasteiger partial charge in [-0.05, 0) is 43.4 Å². The van der Waals surface area contributed by atoms with E-state index in [4.69, 9.17) is 16.3 Å². The van der Waals surface area contributed by atoms with E-state index in [0.29, 0.717) is 5.15 Å². The third kappa shape index (κ3) is 2.56. The summed E-state index contributed by atoms with van der Waals surface area (Å²) in [4.78, 5) is 8.47. The number of rotatable bonds is 3. The second kappa shape index (κ2) is 5.67. The van der Waals surface area contributed by atoms with Crippen LogP contribution in [0.2, 0.25) is 5.15 Å². The molecule has 1 aliphatic carbocycles. The van der Waals surface area contributed by atoms with Gasteiger partial charge in [0.25, 0.3) is 0 Å². The molecule has 0 saturated carbocycles. The number of nitrogens with one attached hydrogen (secondary N) is 1. The summed E-state index contributed by atoms with van der Waals surface area (Å²) in [6.07, 6.45) is 8.03. The maximum Gasteiger partial charge on any atom is 0.216 e. The lowest BCUT2D eigenvalue weighted by molar-refractivity contribution is 0.389. The number of nitrogens with zero attached hydrogens (tertiary/aromatic N) is 2. The van der Waals surface area contributed by atoms with Crippen LogP contribution in [0.5, 0.6) is 5.88 Å². The Kier molecular flexibility index (Phi) is 3.74. The van der Waals surface area contributed by atoms with Gasteiger partial charge in [0, 0.05) is 5.56 Å². The normalized spacial score (nSPS) is 13.7. The van der Waals surface area contributed by atoms with Crippen LogP contribution in [-0.2, 0) is 12.8 Å². The van der Waals surface area contributed by atoms with Crippen molar-refractivity contribution in [1.29, 1.82) is 0 Å². The van der Waals surface area contributed by atoms with Crippen molar-refractivity contribution in [3.8, 4) is 5.88 Å². The number of hydrogen-bond donors (Lipinski definition) is 1. The standard InChI is InChI=1S/C15H16ClN3O/c1-20-15-12-5-3-2-4-11(12)13(9-18-15)19-10-6-7-14(16)17-8-10/h6-9,19H,2-5H2,1H3. The predicted octanol–water partition coefficient (Wildman–Crippen LogP) is 3.76. The van der Waals surface area contributed by atoms with E-state index in [-0.39, 0.29) is 0 Å². The summed E-state index contributed by atoms with van der Waals surface area (Å²) >= 11 is 5.80. The van der Waals surface area contributed by atoms with Gasteiger partial charge in [-0.2, -0.15) is 0 Å². The Bertz CT molecular complexity index is 613. The lowest BCUT2D eigenvalue weighted by Gasteiger charge is -2.21. The first-order valence-corrected chi connectivity index (χ1v) is 7.09. The Balaban J connectivity index is 1.95. The molecule has 0 aliphatic heterocycles. The highest BCUT2D eigenvalue weighted by molar-refractivity contribution is 6.29. The molecule has 104 valence electrons. The fourth-order valence-corrected chi connectivity index (χ4v) is 2.72. The first-order chi connectivity index (χ1) is 9.78. The molecule has 0 bridgehead atoms. The molecule has 5 heteroatoms. The van der Waals surface area contributed by atoms with Gasteiger partial charge in [-0.25, -0.2) is 9.97 Å². The average molecular weight is 290 g/mol. The molecular formula is C15H16ClN3O. The van der Waals surface area contributed by atoms with Crippen molar-refractivity contribution >= 4 is 23.0 Å². The number of fused-ring (bicyclic) bond motifs is 1. The number of ether oxygens (including phenoxy) is 1. The smallest absolute Gasteiger partial charge is 0.216 e.